The molecule has 0 unspecified atom stereocenters. The van der Waals surface area contributed by atoms with Gasteiger partial charge in [0, 0.05) is 22.1 Å². The van der Waals surface area contributed by atoms with Gasteiger partial charge in [-0.25, -0.2) is 4.79 Å². The molecule has 7 heteroatoms. The second-order valence-electron chi connectivity index (χ2n) is 7.00. The molecule has 0 spiro atoms. The van der Waals surface area contributed by atoms with Crippen molar-refractivity contribution in [2.75, 3.05) is 13.1 Å². The van der Waals surface area contributed by atoms with Crippen molar-refractivity contribution >= 4 is 46.3 Å². The number of halogens is 1. The first kappa shape index (κ1) is 19.5. The summed E-state index contributed by atoms with van der Waals surface area (Å²) in [6.45, 7) is 6.59. The SMILES string of the molecule is CC(C)(C)[S@@+]([O-])/N=C\C1(c2ccccc2I)CCN(C(=O)O)CC1. The van der Waals surface area contributed by atoms with Crippen LogP contribution in [-0.4, -0.2) is 44.7 Å². The summed E-state index contributed by atoms with van der Waals surface area (Å²) in [5.74, 6) is 0. The van der Waals surface area contributed by atoms with Gasteiger partial charge in [-0.3, -0.25) is 0 Å². The molecule has 5 nitrogen and oxygen atoms in total. The minimum Gasteiger partial charge on any atom is -0.591 e. The van der Waals surface area contributed by atoms with Crippen LogP contribution in [0.15, 0.2) is 28.7 Å². The first-order chi connectivity index (χ1) is 11.2. The zero-order chi connectivity index (χ0) is 18.0. The lowest BCUT2D eigenvalue weighted by atomic mass is 9.74. The fourth-order valence-electron chi connectivity index (χ4n) is 2.74. The summed E-state index contributed by atoms with van der Waals surface area (Å²) >= 11 is 0.971. The number of carbonyl (C=O) groups is 1. The van der Waals surface area contributed by atoms with E-state index in [1.165, 1.54) is 4.90 Å². The van der Waals surface area contributed by atoms with E-state index in [2.05, 4.69) is 33.1 Å². The number of benzene rings is 1. The molecular formula is C17H23IN2O3S. The number of likely N-dealkylation sites (tertiary alicyclic amines) is 1. The van der Waals surface area contributed by atoms with Gasteiger partial charge in [-0.2, -0.15) is 0 Å². The average molecular weight is 462 g/mol. The molecule has 1 aliphatic rings. The lowest BCUT2D eigenvalue weighted by molar-refractivity contribution is 0.127. The molecule has 1 aliphatic heterocycles. The van der Waals surface area contributed by atoms with Gasteiger partial charge in [0.25, 0.3) is 0 Å². The standard InChI is InChI=1S/C17H23IN2O3S/c1-16(2,3)24(23)19-12-17(13-6-4-5-7-14(13)18)8-10-20(11-9-17)15(21)22/h4-7,12H,8-11H2,1-3H3,(H,21,22)/b19-12-/t24-/m1/s1. The van der Waals surface area contributed by atoms with E-state index < -0.39 is 22.2 Å². The van der Waals surface area contributed by atoms with Gasteiger partial charge in [0.1, 0.15) is 16.1 Å². The average Bonchev–Trinajstić information content (AvgIpc) is 2.52. The van der Waals surface area contributed by atoms with E-state index in [-0.39, 0.29) is 5.41 Å². The van der Waals surface area contributed by atoms with Crippen LogP contribution in [0.5, 0.6) is 0 Å². The second-order valence-corrected chi connectivity index (χ2v) is 10.1. The predicted octanol–water partition coefficient (Wildman–Crippen LogP) is 3.84. The van der Waals surface area contributed by atoms with Gasteiger partial charge in [0.2, 0.25) is 0 Å². The molecule has 2 rings (SSSR count). The summed E-state index contributed by atoms with van der Waals surface area (Å²) in [7, 11) is 0. The third kappa shape index (κ3) is 4.43. The van der Waals surface area contributed by atoms with Gasteiger partial charge < -0.3 is 14.6 Å². The Kier molecular flexibility index (Phi) is 6.19. The van der Waals surface area contributed by atoms with Gasteiger partial charge in [-0.05, 0) is 67.8 Å². The molecule has 1 atom stereocenters. The fourth-order valence-corrected chi connectivity index (χ4v) is 4.28. The van der Waals surface area contributed by atoms with E-state index in [0.717, 1.165) is 9.13 Å². The lowest BCUT2D eigenvalue weighted by Gasteiger charge is -2.39. The third-order valence-corrected chi connectivity index (χ3v) is 6.54. The molecule has 1 aromatic rings. The van der Waals surface area contributed by atoms with Crippen LogP contribution in [0.4, 0.5) is 4.79 Å². The minimum absolute atomic E-state index is 0.370. The Hall–Kier alpha value is -0.800. The Balaban J connectivity index is 2.35. The number of rotatable bonds is 3. The first-order valence-corrected chi connectivity index (χ1v) is 10.0. The Bertz CT molecular complexity index is 623. The topological polar surface area (TPSA) is 76.0 Å². The molecule has 1 N–H and O–H groups in total. The smallest absolute Gasteiger partial charge is 0.407 e. The van der Waals surface area contributed by atoms with E-state index in [0.29, 0.717) is 25.9 Å². The zero-order valence-electron chi connectivity index (χ0n) is 14.2. The van der Waals surface area contributed by atoms with Crippen molar-refractivity contribution < 1.29 is 14.5 Å². The molecule has 132 valence electrons. The van der Waals surface area contributed by atoms with Crippen molar-refractivity contribution in [1.29, 1.82) is 0 Å². The van der Waals surface area contributed by atoms with Gasteiger partial charge in [0.05, 0.1) is 6.21 Å². The van der Waals surface area contributed by atoms with Crippen LogP contribution in [0.25, 0.3) is 0 Å². The van der Waals surface area contributed by atoms with Crippen molar-refractivity contribution in [3.05, 3.63) is 33.4 Å². The molecule has 1 heterocycles. The van der Waals surface area contributed by atoms with E-state index >= 15 is 0 Å². The molecule has 24 heavy (non-hydrogen) atoms. The highest BCUT2D eigenvalue weighted by Crippen LogP contribution is 2.37. The van der Waals surface area contributed by atoms with Crippen LogP contribution in [-0.2, 0) is 16.8 Å². The zero-order valence-corrected chi connectivity index (χ0v) is 17.1. The maximum atomic E-state index is 12.3. The molecule has 0 radical (unpaired) electrons. The maximum Gasteiger partial charge on any atom is 0.407 e. The molecular weight excluding hydrogens is 439 g/mol. The van der Waals surface area contributed by atoms with Crippen molar-refractivity contribution in [2.24, 2.45) is 4.40 Å². The number of piperidine rings is 1. The Morgan fingerprint density at radius 1 is 1.38 bits per heavy atom. The second kappa shape index (κ2) is 7.61. The molecule has 0 aromatic heterocycles. The van der Waals surface area contributed by atoms with Gasteiger partial charge >= 0.3 is 6.09 Å². The summed E-state index contributed by atoms with van der Waals surface area (Å²) in [4.78, 5) is 12.6. The highest BCUT2D eigenvalue weighted by molar-refractivity contribution is 14.1. The molecule has 1 amide bonds. The minimum atomic E-state index is -1.33. The van der Waals surface area contributed by atoms with Crippen LogP contribution in [0.3, 0.4) is 0 Å². The first-order valence-electron chi connectivity index (χ1n) is 7.86. The summed E-state index contributed by atoms with van der Waals surface area (Å²) in [5.41, 5.74) is 0.760. The van der Waals surface area contributed by atoms with Gasteiger partial charge in [-0.1, -0.05) is 22.6 Å². The molecule has 1 aromatic carbocycles. The van der Waals surface area contributed by atoms with E-state index in [1.54, 1.807) is 0 Å². The van der Waals surface area contributed by atoms with E-state index in [1.807, 2.05) is 45.2 Å². The highest BCUT2D eigenvalue weighted by Gasteiger charge is 2.39. The molecule has 0 saturated carbocycles. The number of carboxylic acid groups (broad SMARTS) is 1. The molecule has 1 saturated heterocycles. The predicted molar refractivity (Wildman–Crippen MR) is 106 cm³/mol. The van der Waals surface area contributed by atoms with Crippen molar-refractivity contribution in [2.45, 2.75) is 43.8 Å². The van der Waals surface area contributed by atoms with Gasteiger partial charge in [0.15, 0.2) is 0 Å². The van der Waals surface area contributed by atoms with Crippen LogP contribution in [0, 0.1) is 3.57 Å². The number of amides is 1. The summed E-state index contributed by atoms with van der Waals surface area (Å²) in [6.07, 6.45) is 2.21. The monoisotopic (exact) mass is 462 g/mol. The van der Waals surface area contributed by atoms with Gasteiger partial charge in [-0.15, -0.1) is 0 Å². The van der Waals surface area contributed by atoms with Crippen LogP contribution >= 0.6 is 22.6 Å². The van der Waals surface area contributed by atoms with Crippen molar-refractivity contribution in [1.82, 2.24) is 4.90 Å². The van der Waals surface area contributed by atoms with E-state index in [4.69, 9.17) is 0 Å². The van der Waals surface area contributed by atoms with E-state index in [9.17, 15) is 14.5 Å². The summed E-state index contributed by atoms with van der Waals surface area (Å²) in [5, 5.41) is 9.20. The summed E-state index contributed by atoms with van der Waals surface area (Å²) in [6, 6.07) is 8.06. The van der Waals surface area contributed by atoms with Crippen molar-refractivity contribution in [3.8, 4) is 0 Å². The Labute approximate surface area is 160 Å². The lowest BCUT2D eigenvalue weighted by Crippen LogP contribution is -2.46. The normalized spacial score (nSPS) is 19.5. The Morgan fingerprint density at radius 3 is 2.46 bits per heavy atom. The molecule has 0 aliphatic carbocycles. The van der Waals surface area contributed by atoms with Crippen molar-refractivity contribution in [3.63, 3.8) is 0 Å². The molecule has 0 bridgehead atoms. The maximum absolute atomic E-state index is 12.3. The molecule has 1 fully saturated rings. The quantitative estimate of drug-likeness (QED) is 0.422. The van der Waals surface area contributed by atoms with Crippen LogP contribution in [0.1, 0.15) is 39.2 Å². The Morgan fingerprint density at radius 2 is 1.96 bits per heavy atom. The summed E-state index contributed by atoms with van der Waals surface area (Å²) < 4.78 is 17.4. The largest absolute Gasteiger partial charge is 0.591 e. The highest BCUT2D eigenvalue weighted by atomic mass is 127. The number of hydrogen-bond acceptors (Lipinski definition) is 3. The third-order valence-electron chi connectivity index (χ3n) is 4.26. The fraction of sp³-hybridized carbons (Fsp3) is 0.529. The number of nitrogens with zero attached hydrogens (tertiary/aromatic N) is 2. The van der Waals surface area contributed by atoms with Crippen LogP contribution < -0.4 is 0 Å². The van der Waals surface area contributed by atoms with Crippen LogP contribution in [0.2, 0.25) is 0 Å². The number of hydrogen-bond donors (Lipinski definition) is 1.